The van der Waals surface area contributed by atoms with Crippen molar-refractivity contribution in [1.29, 1.82) is 0 Å². The number of ether oxygens (including phenoxy) is 1. The number of para-hydroxylation sites is 3. The van der Waals surface area contributed by atoms with E-state index >= 15 is 0 Å². The normalized spacial score (nSPS) is 12.3. The van der Waals surface area contributed by atoms with Crippen LogP contribution < -0.4 is 4.74 Å². The third-order valence-electron chi connectivity index (χ3n) is 8.61. The van der Waals surface area contributed by atoms with Crippen LogP contribution in [-0.2, 0) is 0 Å². The fourth-order valence-corrected chi connectivity index (χ4v) is 6.73. The molecule has 3 heteroatoms. The van der Waals surface area contributed by atoms with Crippen molar-refractivity contribution in [1.82, 2.24) is 9.13 Å². The molecule has 1 aliphatic heterocycles. The van der Waals surface area contributed by atoms with Gasteiger partial charge in [-0.1, -0.05) is 65.7 Å². The van der Waals surface area contributed by atoms with Gasteiger partial charge in [-0.15, -0.1) is 0 Å². The minimum absolute atomic E-state index is 0.889. The standard InChI is InChI=1S/C38H26N2O/c1-23-10-17-32-29(20-23)30-21-24(2)11-18-33(30)39(32)27-15-12-25(13-16-27)26-14-19-34-31(22-26)28-6-5-9-37-38(28)40(34)35-7-3-4-8-36(35)41-37/h3-22H,1-2H3. The number of nitrogens with zero attached hydrogens (tertiary/aromatic N) is 2. The third kappa shape index (κ3) is 3.14. The minimum Gasteiger partial charge on any atom is -0.453 e. The van der Waals surface area contributed by atoms with Crippen molar-refractivity contribution in [3.63, 3.8) is 0 Å². The lowest BCUT2D eigenvalue weighted by atomic mass is 10.0. The van der Waals surface area contributed by atoms with Crippen molar-refractivity contribution in [3.05, 3.63) is 132 Å². The Kier molecular flexibility index (Phi) is 4.46. The first-order valence-corrected chi connectivity index (χ1v) is 14.1. The van der Waals surface area contributed by atoms with E-state index in [0.717, 1.165) is 22.7 Å². The molecule has 0 spiro atoms. The monoisotopic (exact) mass is 526 g/mol. The molecule has 194 valence electrons. The van der Waals surface area contributed by atoms with E-state index in [4.69, 9.17) is 4.74 Å². The molecular formula is C38H26N2O. The quantitative estimate of drug-likeness (QED) is 0.219. The molecule has 8 aromatic rings. The minimum atomic E-state index is 0.889. The van der Waals surface area contributed by atoms with Gasteiger partial charge in [-0.3, -0.25) is 0 Å². The van der Waals surface area contributed by atoms with E-state index in [1.807, 2.05) is 12.1 Å². The third-order valence-corrected chi connectivity index (χ3v) is 8.61. The van der Waals surface area contributed by atoms with Crippen molar-refractivity contribution in [2.75, 3.05) is 0 Å². The zero-order valence-corrected chi connectivity index (χ0v) is 22.8. The highest BCUT2D eigenvalue weighted by atomic mass is 16.5. The summed E-state index contributed by atoms with van der Waals surface area (Å²) in [7, 11) is 0. The number of rotatable bonds is 2. The highest BCUT2D eigenvalue weighted by molar-refractivity contribution is 6.13. The van der Waals surface area contributed by atoms with Gasteiger partial charge in [0.15, 0.2) is 11.5 Å². The van der Waals surface area contributed by atoms with Crippen LogP contribution in [0.5, 0.6) is 11.5 Å². The predicted octanol–water partition coefficient (Wildman–Crippen LogP) is 10.3. The maximum Gasteiger partial charge on any atom is 0.152 e. The Hall–Kier alpha value is -5.28. The van der Waals surface area contributed by atoms with Gasteiger partial charge in [-0.05, 0) is 91.7 Å². The lowest BCUT2D eigenvalue weighted by molar-refractivity contribution is 0.476. The van der Waals surface area contributed by atoms with Crippen LogP contribution in [0.1, 0.15) is 11.1 Å². The summed E-state index contributed by atoms with van der Waals surface area (Å²) in [4.78, 5) is 0. The molecule has 0 bridgehead atoms. The summed E-state index contributed by atoms with van der Waals surface area (Å²) in [6, 6.07) is 44.0. The molecule has 3 nitrogen and oxygen atoms in total. The molecule has 6 aromatic carbocycles. The topological polar surface area (TPSA) is 19.1 Å². The van der Waals surface area contributed by atoms with Gasteiger partial charge in [0, 0.05) is 27.2 Å². The molecule has 1 aliphatic rings. The van der Waals surface area contributed by atoms with Gasteiger partial charge in [-0.25, -0.2) is 0 Å². The van der Waals surface area contributed by atoms with Crippen molar-refractivity contribution < 1.29 is 4.74 Å². The van der Waals surface area contributed by atoms with Crippen molar-refractivity contribution in [3.8, 4) is 34.0 Å². The van der Waals surface area contributed by atoms with Crippen LogP contribution in [0.4, 0.5) is 0 Å². The second kappa shape index (κ2) is 8.12. The number of hydrogen-bond acceptors (Lipinski definition) is 1. The molecule has 0 saturated heterocycles. The number of aryl methyl sites for hydroxylation is 2. The fraction of sp³-hybridized carbons (Fsp3) is 0.0526. The van der Waals surface area contributed by atoms with E-state index in [-0.39, 0.29) is 0 Å². The molecule has 0 aliphatic carbocycles. The summed E-state index contributed by atoms with van der Waals surface area (Å²) in [5.74, 6) is 1.79. The smallest absolute Gasteiger partial charge is 0.152 e. The van der Waals surface area contributed by atoms with Crippen LogP contribution in [0.15, 0.2) is 121 Å². The van der Waals surface area contributed by atoms with Gasteiger partial charge in [0.2, 0.25) is 0 Å². The van der Waals surface area contributed by atoms with E-state index in [9.17, 15) is 0 Å². The Bertz CT molecular complexity index is 2290. The van der Waals surface area contributed by atoms with E-state index < -0.39 is 0 Å². The Morgan fingerprint density at radius 2 is 1.07 bits per heavy atom. The van der Waals surface area contributed by atoms with Crippen molar-refractivity contribution in [2.45, 2.75) is 13.8 Å². The maximum atomic E-state index is 6.29. The average molecular weight is 527 g/mol. The molecular weight excluding hydrogens is 500 g/mol. The Balaban J connectivity index is 1.20. The summed E-state index contributed by atoms with van der Waals surface area (Å²) in [5.41, 5.74) is 12.0. The second-order valence-electron chi connectivity index (χ2n) is 11.2. The van der Waals surface area contributed by atoms with E-state index in [0.29, 0.717) is 0 Å². The van der Waals surface area contributed by atoms with Gasteiger partial charge >= 0.3 is 0 Å². The number of aromatic nitrogens is 2. The van der Waals surface area contributed by atoms with Crippen molar-refractivity contribution >= 4 is 43.6 Å². The number of benzene rings is 6. The molecule has 9 rings (SSSR count). The molecule has 41 heavy (non-hydrogen) atoms. The first-order valence-electron chi connectivity index (χ1n) is 14.1. The largest absolute Gasteiger partial charge is 0.453 e. The molecule has 0 unspecified atom stereocenters. The van der Waals surface area contributed by atoms with Gasteiger partial charge in [0.05, 0.1) is 27.8 Å². The predicted molar refractivity (Wildman–Crippen MR) is 170 cm³/mol. The van der Waals surface area contributed by atoms with Crippen LogP contribution in [-0.4, -0.2) is 9.13 Å². The lowest BCUT2D eigenvalue weighted by Crippen LogP contribution is -2.03. The van der Waals surface area contributed by atoms with Gasteiger partial charge in [0.25, 0.3) is 0 Å². The van der Waals surface area contributed by atoms with Crippen LogP contribution in [0, 0.1) is 13.8 Å². The zero-order chi connectivity index (χ0) is 27.2. The summed E-state index contributed by atoms with van der Waals surface area (Å²) in [6.45, 7) is 4.33. The van der Waals surface area contributed by atoms with Crippen LogP contribution in [0.25, 0.3) is 66.1 Å². The Morgan fingerprint density at radius 3 is 1.83 bits per heavy atom. The SMILES string of the molecule is Cc1ccc2c(c1)c1cc(C)ccc1n2-c1ccc(-c2ccc3c(c2)c2cccc4c2n3-c2ccccc2O4)cc1. The van der Waals surface area contributed by atoms with E-state index in [1.165, 1.54) is 66.0 Å². The fourth-order valence-electron chi connectivity index (χ4n) is 6.73. The zero-order valence-electron chi connectivity index (χ0n) is 22.8. The molecule has 0 atom stereocenters. The summed E-state index contributed by atoms with van der Waals surface area (Å²) in [6.07, 6.45) is 0. The highest BCUT2D eigenvalue weighted by Crippen LogP contribution is 2.45. The Morgan fingerprint density at radius 1 is 0.463 bits per heavy atom. The Labute approximate surface area is 237 Å². The van der Waals surface area contributed by atoms with Crippen molar-refractivity contribution in [2.24, 2.45) is 0 Å². The van der Waals surface area contributed by atoms with Crippen LogP contribution in [0.3, 0.4) is 0 Å². The molecule has 3 heterocycles. The lowest BCUT2D eigenvalue weighted by Gasteiger charge is -2.20. The second-order valence-corrected chi connectivity index (χ2v) is 11.2. The summed E-state index contributed by atoms with van der Waals surface area (Å²) < 4.78 is 11.0. The van der Waals surface area contributed by atoms with Gasteiger partial charge in [0.1, 0.15) is 0 Å². The van der Waals surface area contributed by atoms with Gasteiger partial charge in [-0.2, -0.15) is 0 Å². The van der Waals surface area contributed by atoms with Crippen LogP contribution >= 0.6 is 0 Å². The maximum absolute atomic E-state index is 6.29. The molecule has 0 radical (unpaired) electrons. The molecule has 0 N–H and O–H groups in total. The highest BCUT2D eigenvalue weighted by Gasteiger charge is 2.23. The number of fused-ring (bicyclic) bond motifs is 8. The first kappa shape index (κ1) is 22.5. The average Bonchev–Trinajstić information content (AvgIpc) is 3.50. The van der Waals surface area contributed by atoms with E-state index in [1.54, 1.807) is 0 Å². The van der Waals surface area contributed by atoms with E-state index in [2.05, 4.69) is 132 Å². The van der Waals surface area contributed by atoms with Crippen LogP contribution in [0.2, 0.25) is 0 Å². The molecule has 0 fully saturated rings. The first-order chi connectivity index (χ1) is 20.1. The molecule has 0 amide bonds. The molecule has 2 aromatic heterocycles. The number of hydrogen-bond donors (Lipinski definition) is 0. The van der Waals surface area contributed by atoms with Gasteiger partial charge < -0.3 is 13.9 Å². The molecule has 0 saturated carbocycles. The summed E-state index contributed by atoms with van der Waals surface area (Å²) in [5, 5.41) is 5.05. The summed E-state index contributed by atoms with van der Waals surface area (Å²) >= 11 is 0.